The molecule has 3 saturated heterocycles. The number of likely N-dealkylation sites (tertiary alicyclic amines) is 2. The number of amides is 6. The fraction of sp³-hybridized carbons (Fsp3) is 0.471. The summed E-state index contributed by atoms with van der Waals surface area (Å²) in [6.45, 7) is 4.33. The van der Waals surface area contributed by atoms with E-state index in [0.717, 1.165) is 49.4 Å². The number of piperidine rings is 2. The van der Waals surface area contributed by atoms with Crippen molar-refractivity contribution < 1.29 is 60.9 Å². The quantitative estimate of drug-likeness (QED) is 0.0730. The first-order chi connectivity index (χ1) is 43.7. The number of ether oxygens (including phenoxy) is 3. The molecule has 5 heterocycles. The summed E-state index contributed by atoms with van der Waals surface area (Å²) in [6.07, 6.45) is 6.18. The Labute approximate surface area is 530 Å². The van der Waals surface area contributed by atoms with Crippen molar-refractivity contribution >= 4 is 58.2 Å². The van der Waals surface area contributed by atoms with Crippen LogP contribution in [0.15, 0.2) is 78.9 Å². The van der Waals surface area contributed by atoms with Gasteiger partial charge in [0.25, 0.3) is 0 Å². The number of benzene rings is 5. The molecule has 1 aromatic heterocycles. The van der Waals surface area contributed by atoms with Crippen molar-refractivity contribution in [2.75, 3.05) is 71.5 Å². The van der Waals surface area contributed by atoms with Gasteiger partial charge < -0.3 is 44.7 Å². The van der Waals surface area contributed by atoms with E-state index in [-0.39, 0.29) is 106 Å². The largest absolute Gasteiger partial charge is 0.488 e. The SMILES string of the molecule is CC1c2c(cc(F)c(Cl)c2-c2c(C(N)=O)ccc(OCCO)c2F)OC1(CN(C(=O)OCc1ccc(CN(C)C)cc1)C1CCC(C(=O)N2CCC3(CC2)CC(N2CCC(c4c(F)cc5c(N6CCC(=O)NC6=O)nn(C)c5c4F)CC2)C3)CC1)c1ccccc1. The van der Waals surface area contributed by atoms with Gasteiger partial charge in [0.05, 0.1) is 29.1 Å². The van der Waals surface area contributed by atoms with Gasteiger partial charge >= 0.3 is 12.1 Å². The van der Waals surface area contributed by atoms with E-state index < -0.39 is 82.0 Å². The molecule has 5 fully saturated rings. The normalized spacial score (nSPS) is 22.0. The first-order valence-corrected chi connectivity index (χ1v) is 31.8. The van der Waals surface area contributed by atoms with Gasteiger partial charge in [-0.1, -0.05) is 73.1 Å². The van der Waals surface area contributed by atoms with E-state index in [2.05, 4.69) is 20.2 Å². The van der Waals surface area contributed by atoms with Crippen molar-refractivity contribution in [3.63, 3.8) is 0 Å². The summed E-state index contributed by atoms with van der Waals surface area (Å²) in [6, 6.07) is 21.0. The van der Waals surface area contributed by atoms with Crippen LogP contribution in [0.3, 0.4) is 0 Å². The number of aromatic nitrogens is 2. The molecule has 91 heavy (non-hydrogen) atoms. The molecule has 482 valence electrons. The molecule has 5 aromatic carbocycles. The number of fused-ring (bicyclic) bond motifs is 2. The summed E-state index contributed by atoms with van der Waals surface area (Å²) < 4.78 is 85.8. The number of primary amides is 1. The molecule has 2 unspecified atom stereocenters. The Kier molecular flexibility index (Phi) is 17.9. The van der Waals surface area contributed by atoms with Crippen LogP contribution in [0.2, 0.25) is 5.02 Å². The predicted octanol–water partition coefficient (Wildman–Crippen LogP) is 10.7. The number of aryl methyl sites for hydroxylation is 1. The molecule has 6 aliphatic rings. The lowest BCUT2D eigenvalue weighted by Gasteiger charge is -2.56. The number of hydrogen-bond acceptors (Lipinski definition) is 12. The highest BCUT2D eigenvalue weighted by molar-refractivity contribution is 6.34. The zero-order valence-corrected chi connectivity index (χ0v) is 52.3. The van der Waals surface area contributed by atoms with Crippen LogP contribution < -0.4 is 25.4 Å². The summed E-state index contributed by atoms with van der Waals surface area (Å²) in [5, 5.41) is 15.8. The average molecular weight is 1270 g/mol. The highest BCUT2D eigenvalue weighted by Gasteiger charge is 2.54. The molecule has 2 atom stereocenters. The van der Waals surface area contributed by atoms with E-state index in [4.69, 9.17) is 31.5 Å². The second-order valence-electron chi connectivity index (χ2n) is 25.9. The van der Waals surface area contributed by atoms with Gasteiger partial charge in [-0.3, -0.25) is 29.3 Å². The van der Waals surface area contributed by atoms with Crippen molar-refractivity contribution in [1.82, 2.24) is 34.7 Å². The number of urea groups is 1. The topological polar surface area (TPSA) is 205 Å². The van der Waals surface area contributed by atoms with Gasteiger partial charge in [-0.15, -0.1) is 0 Å². The molecule has 2 aliphatic carbocycles. The number of carbonyl (C=O) groups excluding carboxylic acids is 5. The first kappa shape index (κ1) is 63.4. The van der Waals surface area contributed by atoms with Crippen LogP contribution in [-0.2, 0) is 40.1 Å². The Bertz CT molecular complexity index is 3790. The summed E-state index contributed by atoms with van der Waals surface area (Å²) in [5.74, 6) is -6.39. The van der Waals surface area contributed by atoms with Crippen molar-refractivity contribution in [2.45, 2.75) is 120 Å². The maximum atomic E-state index is 16.9. The Morgan fingerprint density at radius 1 is 0.846 bits per heavy atom. The van der Waals surface area contributed by atoms with E-state index in [0.29, 0.717) is 76.3 Å². The van der Waals surface area contributed by atoms with Crippen molar-refractivity contribution in [2.24, 2.45) is 24.1 Å². The van der Waals surface area contributed by atoms with Gasteiger partial charge in [0, 0.05) is 91.9 Å². The van der Waals surface area contributed by atoms with Crippen LogP contribution in [0.1, 0.15) is 128 Å². The Morgan fingerprint density at radius 3 is 2.20 bits per heavy atom. The second kappa shape index (κ2) is 25.7. The third kappa shape index (κ3) is 12.1. The van der Waals surface area contributed by atoms with Crippen molar-refractivity contribution in [1.29, 1.82) is 0 Å². The molecular formula is C68H76ClF4N9O9. The minimum Gasteiger partial charge on any atom is -0.488 e. The van der Waals surface area contributed by atoms with E-state index in [1.54, 1.807) is 11.9 Å². The summed E-state index contributed by atoms with van der Waals surface area (Å²) in [5.41, 5.74) is 6.45. The molecule has 4 aliphatic heterocycles. The lowest BCUT2D eigenvalue weighted by atomic mass is 9.59. The number of rotatable bonds is 17. The third-order valence-electron chi connectivity index (χ3n) is 20.2. The van der Waals surface area contributed by atoms with Gasteiger partial charge in [0.15, 0.2) is 28.8 Å². The smallest absolute Gasteiger partial charge is 0.410 e. The molecule has 0 bridgehead atoms. The van der Waals surface area contributed by atoms with Crippen LogP contribution in [0.4, 0.5) is 33.0 Å². The van der Waals surface area contributed by atoms with Crippen LogP contribution in [0, 0.1) is 34.6 Å². The lowest BCUT2D eigenvalue weighted by molar-refractivity contribution is -0.142. The van der Waals surface area contributed by atoms with Crippen LogP contribution in [-0.4, -0.2) is 143 Å². The van der Waals surface area contributed by atoms with Gasteiger partial charge in [-0.2, -0.15) is 5.10 Å². The molecule has 23 heteroatoms. The fourth-order valence-electron chi connectivity index (χ4n) is 15.3. The minimum atomic E-state index is -1.49. The first-order valence-electron chi connectivity index (χ1n) is 31.5. The van der Waals surface area contributed by atoms with Crippen molar-refractivity contribution in [3.8, 4) is 22.6 Å². The van der Waals surface area contributed by atoms with Crippen LogP contribution in [0.5, 0.6) is 11.5 Å². The molecule has 0 radical (unpaired) electrons. The maximum absolute atomic E-state index is 16.9. The standard InChI is InChI=1S/C68H76ClF4N9O9/c1-39-54-52(33-50(71)58(69)57(54)56-47(62(74)85)18-19-51(59(56)72)89-31-30-83)91-68(39,44-8-6-5-7-9-44)38-82(66(88)90-37-41-12-10-40(11-13-41)36-77(2)3)45-16-14-43(15-17-45)64(86)80-28-23-67(24-29-80)34-46(35-67)79-25-20-42(21-26-79)55-49(70)32-48-61(60(55)73)78(4)76-63(48)81-27-22-53(84)75-65(81)87/h5-13,18-19,32-33,39,42-43,45-46,83H,14-17,20-31,34-38H2,1-4H3,(H2,74,85)(H,75,84,87). The highest BCUT2D eigenvalue weighted by Crippen LogP contribution is 2.58. The van der Waals surface area contributed by atoms with Crippen LogP contribution in [0.25, 0.3) is 22.0 Å². The Balaban J connectivity index is 0.724. The third-order valence-corrected chi connectivity index (χ3v) is 20.5. The summed E-state index contributed by atoms with van der Waals surface area (Å²) >= 11 is 6.87. The minimum absolute atomic E-state index is 0.00266. The number of nitrogens with zero attached hydrogens (tertiary/aromatic N) is 7. The van der Waals surface area contributed by atoms with Gasteiger partial charge in [-0.25, -0.2) is 27.2 Å². The number of nitrogens with two attached hydrogens (primary N) is 1. The number of hydrogen-bond donors (Lipinski definition) is 3. The van der Waals surface area contributed by atoms with Gasteiger partial charge in [-0.05, 0) is 138 Å². The summed E-state index contributed by atoms with van der Waals surface area (Å²) in [4.78, 5) is 76.5. The molecule has 6 aromatic rings. The number of halogens is 5. The van der Waals surface area contributed by atoms with Crippen molar-refractivity contribution in [3.05, 3.63) is 141 Å². The average Bonchev–Trinajstić information content (AvgIpc) is 1.61. The number of carbonyl (C=O) groups is 5. The molecule has 12 rings (SSSR count). The number of nitrogens with one attached hydrogen (secondary N) is 1. The number of aliphatic hydroxyl groups is 1. The number of anilines is 1. The zero-order valence-electron chi connectivity index (χ0n) is 51.6. The maximum Gasteiger partial charge on any atom is 0.410 e. The summed E-state index contributed by atoms with van der Waals surface area (Å²) in [7, 11) is 5.52. The fourth-order valence-corrected chi connectivity index (χ4v) is 15.6. The van der Waals surface area contributed by atoms with Crippen LogP contribution >= 0.6 is 11.6 Å². The second-order valence-corrected chi connectivity index (χ2v) is 26.3. The molecule has 4 N–H and O–H groups in total. The monoisotopic (exact) mass is 1270 g/mol. The number of imide groups is 1. The van der Waals surface area contributed by atoms with E-state index in [1.165, 1.54) is 27.8 Å². The van der Waals surface area contributed by atoms with Gasteiger partial charge in [0.2, 0.25) is 17.7 Å². The predicted molar refractivity (Wildman–Crippen MR) is 332 cm³/mol. The van der Waals surface area contributed by atoms with Gasteiger partial charge in [0.1, 0.15) is 36.1 Å². The Hall–Kier alpha value is -7.79. The molecule has 18 nitrogen and oxygen atoms in total. The van der Waals surface area contributed by atoms with E-state index >= 15 is 22.4 Å². The lowest BCUT2D eigenvalue weighted by Crippen LogP contribution is -2.57. The molecule has 1 spiro atoms. The van der Waals surface area contributed by atoms with E-state index in [1.807, 2.05) is 80.5 Å². The Morgan fingerprint density at radius 2 is 1.54 bits per heavy atom. The number of aliphatic hydroxyl groups excluding tert-OH is 1. The van der Waals surface area contributed by atoms with E-state index in [9.17, 15) is 24.3 Å². The molecular weight excluding hydrogens is 1200 g/mol. The molecule has 6 amide bonds. The molecule has 2 saturated carbocycles. The zero-order chi connectivity index (χ0) is 64.2. The highest BCUT2D eigenvalue weighted by atomic mass is 35.5.